The van der Waals surface area contributed by atoms with Crippen LogP contribution in [0, 0.1) is 0 Å². The fourth-order valence-electron chi connectivity index (χ4n) is 1.49. The van der Waals surface area contributed by atoms with Crippen molar-refractivity contribution in [2.24, 2.45) is 0 Å². The van der Waals surface area contributed by atoms with Crippen molar-refractivity contribution in [1.29, 1.82) is 0 Å². The highest BCUT2D eigenvalue weighted by Crippen LogP contribution is 2.05. The first kappa shape index (κ1) is 13.9. The van der Waals surface area contributed by atoms with Gasteiger partial charge in [0.25, 0.3) is 0 Å². The number of hydrogen-bond donors (Lipinski definition) is 1. The summed E-state index contributed by atoms with van der Waals surface area (Å²) in [6.45, 7) is 6.53. The molecule has 0 saturated heterocycles. The Labute approximate surface area is 103 Å². The molecule has 1 unspecified atom stereocenters. The molecule has 0 bridgehead atoms. The highest BCUT2D eigenvalue weighted by Gasteiger charge is 2.09. The minimum Gasteiger partial charge on any atom is -0.383 e. The van der Waals surface area contributed by atoms with Crippen molar-refractivity contribution in [1.82, 2.24) is 14.9 Å². The molecular weight excluding hydrogens is 216 g/mol. The molecule has 0 radical (unpaired) electrons. The summed E-state index contributed by atoms with van der Waals surface area (Å²) in [5.74, 6) is 0.823. The third-order valence-electron chi connectivity index (χ3n) is 2.63. The normalized spacial score (nSPS) is 12.8. The van der Waals surface area contributed by atoms with Gasteiger partial charge in [-0.05, 0) is 20.9 Å². The van der Waals surface area contributed by atoms with Gasteiger partial charge in [0.2, 0.25) is 0 Å². The van der Waals surface area contributed by atoms with Crippen LogP contribution in [-0.4, -0.2) is 48.2 Å². The Morgan fingerprint density at radius 3 is 2.71 bits per heavy atom. The van der Waals surface area contributed by atoms with Crippen LogP contribution in [0.4, 0.5) is 5.82 Å². The van der Waals surface area contributed by atoms with Crippen LogP contribution in [0.5, 0.6) is 0 Å². The Hall–Kier alpha value is -1.20. The van der Waals surface area contributed by atoms with Gasteiger partial charge in [-0.15, -0.1) is 0 Å². The second kappa shape index (κ2) is 7.19. The van der Waals surface area contributed by atoms with E-state index in [4.69, 9.17) is 4.74 Å². The Bertz CT molecular complexity index is 315. The van der Waals surface area contributed by atoms with Crippen LogP contribution in [0.1, 0.15) is 19.5 Å². The average molecular weight is 238 g/mol. The zero-order valence-corrected chi connectivity index (χ0v) is 11.1. The summed E-state index contributed by atoms with van der Waals surface area (Å²) in [4.78, 5) is 10.9. The molecule has 0 aromatic carbocycles. The minimum atomic E-state index is 0.371. The summed E-state index contributed by atoms with van der Waals surface area (Å²) < 4.78 is 5.13. The predicted octanol–water partition coefficient (Wildman–Crippen LogP) is 1.38. The molecule has 0 spiro atoms. The molecule has 1 heterocycles. The highest BCUT2D eigenvalue weighted by molar-refractivity contribution is 5.30. The van der Waals surface area contributed by atoms with Gasteiger partial charge in [-0.25, -0.2) is 4.98 Å². The lowest BCUT2D eigenvalue weighted by molar-refractivity contribution is 0.111. The van der Waals surface area contributed by atoms with Crippen LogP contribution in [0.25, 0.3) is 0 Å². The van der Waals surface area contributed by atoms with Crippen LogP contribution in [0.15, 0.2) is 12.4 Å². The molecule has 0 amide bonds. The van der Waals surface area contributed by atoms with Crippen LogP contribution >= 0.6 is 0 Å². The van der Waals surface area contributed by atoms with Crippen molar-refractivity contribution in [2.75, 3.05) is 32.6 Å². The quantitative estimate of drug-likeness (QED) is 0.777. The number of methoxy groups -OCH3 is 1. The first-order valence-electron chi connectivity index (χ1n) is 5.91. The van der Waals surface area contributed by atoms with E-state index in [2.05, 4.69) is 34.2 Å². The smallest absolute Gasteiger partial charge is 0.144 e. The summed E-state index contributed by atoms with van der Waals surface area (Å²) in [5.41, 5.74) is 0.970. The molecule has 96 valence electrons. The molecule has 0 aliphatic heterocycles. The summed E-state index contributed by atoms with van der Waals surface area (Å²) in [6.07, 6.45) is 3.58. The molecule has 0 fully saturated rings. The lowest BCUT2D eigenvalue weighted by Crippen LogP contribution is -2.32. The minimum absolute atomic E-state index is 0.371. The maximum absolute atomic E-state index is 5.13. The van der Waals surface area contributed by atoms with Gasteiger partial charge in [-0.1, -0.05) is 0 Å². The number of aromatic nitrogens is 2. The first-order chi connectivity index (χ1) is 8.17. The van der Waals surface area contributed by atoms with E-state index in [1.165, 1.54) is 0 Å². The molecule has 0 saturated carbocycles. The van der Waals surface area contributed by atoms with Gasteiger partial charge >= 0.3 is 0 Å². The van der Waals surface area contributed by atoms with Crippen LogP contribution < -0.4 is 5.32 Å². The summed E-state index contributed by atoms with van der Waals surface area (Å²) in [7, 11) is 3.78. The van der Waals surface area contributed by atoms with Crippen molar-refractivity contribution in [3.8, 4) is 0 Å². The van der Waals surface area contributed by atoms with E-state index in [-0.39, 0.29) is 0 Å². The van der Waals surface area contributed by atoms with Gasteiger partial charge in [-0.2, -0.15) is 0 Å². The summed E-state index contributed by atoms with van der Waals surface area (Å²) in [5, 5.41) is 3.12. The molecule has 5 heteroatoms. The highest BCUT2D eigenvalue weighted by atomic mass is 16.5. The predicted molar refractivity (Wildman–Crippen MR) is 69.0 cm³/mol. The number of likely N-dealkylation sites (N-methyl/N-ethyl adjacent to an activating group) is 1. The molecule has 1 aromatic rings. The summed E-state index contributed by atoms with van der Waals surface area (Å²) in [6, 6.07) is 0.371. The van der Waals surface area contributed by atoms with Crippen LogP contribution in [0.3, 0.4) is 0 Å². The zero-order chi connectivity index (χ0) is 12.7. The van der Waals surface area contributed by atoms with Crippen LogP contribution in [-0.2, 0) is 11.3 Å². The third kappa shape index (κ3) is 4.66. The summed E-state index contributed by atoms with van der Waals surface area (Å²) >= 11 is 0. The maximum atomic E-state index is 5.13. The Morgan fingerprint density at radius 1 is 1.41 bits per heavy atom. The van der Waals surface area contributed by atoms with Gasteiger partial charge in [0, 0.05) is 26.2 Å². The molecule has 1 N–H and O–H groups in total. The van der Waals surface area contributed by atoms with Gasteiger partial charge in [0.05, 0.1) is 24.7 Å². The lowest BCUT2D eigenvalue weighted by Gasteiger charge is -2.23. The molecule has 0 aliphatic carbocycles. The fourth-order valence-corrected chi connectivity index (χ4v) is 1.49. The Balaban J connectivity index is 2.50. The SMILES string of the molecule is CCNc1cnc(CN(C)C(C)COC)cn1. The number of nitrogens with zero attached hydrogens (tertiary/aromatic N) is 3. The average Bonchev–Trinajstić information content (AvgIpc) is 2.32. The molecule has 1 atom stereocenters. The largest absolute Gasteiger partial charge is 0.383 e. The number of rotatable bonds is 7. The van der Waals surface area contributed by atoms with E-state index < -0.39 is 0 Å². The van der Waals surface area contributed by atoms with E-state index in [9.17, 15) is 0 Å². The van der Waals surface area contributed by atoms with Gasteiger partial charge in [-0.3, -0.25) is 9.88 Å². The molecule has 0 aliphatic rings. The van der Waals surface area contributed by atoms with E-state index in [0.717, 1.165) is 31.2 Å². The lowest BCUT2D eigenvalue weighted by atomic mass is 10.3. The topological polar surface area (TPSA) is 50.3 Å². The molecule has 5 nitrogen and oxygen atoms in total. The van der Waals surface area contributed by atoms with Crippen molar-refractivity contribution in [3.63, 3.8) is 0 Å². The maximum Gasteiger partial charge on any atom is 0.144 e. The van der Waals surface area contributed by atoms with Crippen molar-refractivity contribution < 1.29 is 4.74 Å². The van der Waals surface area contributed by atoms with E-state index >= 15 is 0 Å². The Kier molecular flexibility index (Phi) is 5.86. The van der Waals surface area contributed by atoms with E-state index in [0.29, 0.717) is 6.04 Å². The molecule has 17 heavy (non-hydrogen) atoms. The molecule has 1 rings (SSSR count). The Morgan fingerprint density at radius 2 is 2.18 bits per heavy atom. The number of hydrogen-bond acceptors (Lipinski definition) is 5. The van der Waals surface area contributed by atoms with E-state index in [1.54, 1.807) is 13.3 Å². The first-order valence-corrected chi connectivity index (χ1v) is 5.91. The van der Waals surface area contributed by atoms with Gasteiger partial charge in [0.15, 0.2) is 0 Å². The number of anilines is 1. The third-order valence-corrected chi connectivity index (χ3v) is 2.63. The van der Waals surface area contributed by atoms with Gasteiger partial charge in [0.1, 0.15) is 5.82 Å². The standard InChI is InChI=1S/C12H22N4O/c1-5-13-12-7-14-11(6-15-12)8-16(3)10(2)9-17-4/h6-7,10H,5,8-9H2,1-4H3,(H,13,15). The van der Waals surface area contributed by atoms with E-state index in [1.807, 2.05) is 13.1 Å². The number of ether oxygens (including phenoxy) is 1. The number of nitrogens with one attached hydrogen (secondary N) is 1. The molecule has 1 aromatic heterocycles. The second-order valence-electron chi connectivity index (χ2n) is 4.14. The second-order valence-corrected chi connectivity index (χ2v) is 4.14. The van der Waals surface area contributed by atoms with Crippen LogP contribution in [0.2, 0.25) is 0 Å². The van der Waals surface area contributed by atoms with Crippen molar-refractivity contribution in [3.05, 3.63) is 18.1 Å². The zero-order valence-electron chi connectivity index (χ0n) is 11.1. The van der Waals surface area contributed by atoms with Crippen molar-refractivity contribution in [2.45, 2.75) is 26.4 Å². The fraction of sp³-hybridized carbons (Fsp3) is 0.667. The van der Waals surface area contributed by atoms with Gasteiger partial charge < -0.3 is 10.1 Å². The van der Waals surface area contributed by atoms with Crippen molar-refractivity contribution >= 4 is 5.82 Å². The molecular formula is C12H22N4O. The monoisotopic (exact) mass is 238 g/mol.